The molecule has 0 spiro atoms. The molecule has 2 aromatic rings. The first kappa shape index (κ1) is 36.9. The summed E-state index contributed by atoms with van der Waals surface area (Å²) in [7, 11) is 1.62. The number of alkyl carbamates (subject to hydrolysis) is 1. The molecule has 3 aliphatic rings. The number of hydrogen-bond acceptors (Lipinski definition) is 8. The molecule has 0 unspecified atom stereocenters. The Labute approximate surface area is 295 Å². The minimum atomic E-state index is -1.46. The van der Waals surface area contributed by atoms with Crippen LogP contribution in [0.2, 0.25) is 0 Å². The smallest absolute Gasteiger partial charge is 0.408 e. The third-order valence-corrected chi connectivity index (χ3v) is 10.5. The highest BCUT2D eigenvalue weighted by atomic mass is 32.1. The molecule has 2 fully saturated rings. The number of aromatic nitrogens is 1. The first-order chi connectivity index (χ1) is 23.6. The van der Waals surface area contributed by atoms with Crippen molar-refractivity contribution >= 4 is 41.1 Å². The van der Waals surface area contributed by atoms with E-state index in [1.807, 2.05) is 19.1 Å². The summed E-state index contributed by atoms with van der Waals surface area (Å²) in [5.41, 5.74) is -1.05. The number of carboxylic acids is 1. The predicted octanol–water partition coefficient (Wildman–Crippen LogP) is 4.86. The molecule has 4 amide bonds. The van der Waals surface area contributed by atoms with Crippen LogP contribution in [0.1, 0.15) is 76.0 Å². The molecule has 14 heteroatoms. The number of hydrogen-bond donors (Lipinski definition) is 3. The summed E-state index contributed by atoms with van der Waals surface area (Å²) < 4.78 is 18.9. The average molecular weight is 712 g/mol. The van der Waals surface area contributed by atoms with Crippen molar-refractivity contribution in [3.63, 3.8) is 0 Å². The lowest BCUT2D eigenvalue weighted by atomic mass is 9.91. The lowest BCUT2D eigenvalue weighted by molar-refractivity contribution is -0.146. The van der Waals surface area contributed by atoms with Crippen LogP contribution < -0.4 is 10.6 Å². The Morgan fingerprint density at radius 1 is 1.18 bits per heavy atom. The Kier molecular flexibility index (Phi) is 11.0. The third-order valence-electron chi connectivity index (χ3n) is 9.71. The highest BCUT2D eigenvalue weighted by Gasteiger charge is 2.62. The molecular weight excluding hydrogens is 665 g/mol. The summed E-state index contributed by atoms with van der Waals surface area (Å²) in [5, 5.41) is 17.6. The van der Waals surface area contributed by atoms with Crippen molar-refractivity contribution in [1.29, 1.82) is 0 Å². The van der Waals surface area contributed by atoms with Crippen molar-refractivity contribution < 1.29 is 38.2 Å². The molecule has 1 aliphatic carbocycles. The number of benzene rings is 1. The lowest BCUT2D eigenvalue weighted by Gasteiger charge is -2.31. The van der Waals surface area contributed by atoms with E-state index in [9.17, 15) is 33.5 Å². The Morgan fingerprint density at radius 2 is 1.90 bits per heavy atom. The Morgan fingerprint density at radius 3 is 2.58 bits per heavy atom. The van der Waals surface area contributed by atoms with E-state index < -0.39 is 53.0 Å². The van der Waals surface area contributed by atoms with Crippen molar-refractivity contribution in [2.75, 3.05) is 20.1 Å². The molecule has 1 aromatic heterocycles. The molecule has 0 radical (unpaired) electrons. The monoisotopic (exact) mass is 711 g/mol. The molecule has 50 heavy (non-hydrogen) atoms. The number of allylic oxidation sites excluding steroid dienone is 1. The second-order valence-corrected chi connectivity index (χ2v) is 15.5. The Bertz CT molecular complexity index is 1640. The topological polar surface area (TPSA) is 158 Å². The van der Waals surface area contributed by atoms with E-state index in [4.69, 9.17) is 4.74 Å². The van der Waals surface area contributed by atoms with Crippen LogP contribution in [0.4, 0.5) is 9.18 Å². The maximum Gasteiger partial charge on any atom is 0.408 e. The standard InChI is InChI=1S/C36H46FN5O7S/c1-21-23(18-41(5)32(45)30-38-27(20-50-30)22-13-15-25(37)16-14-22)19-42-28(21)29(43)40-36(33(46)47)17-24(36)11-9-7-6-8-10-12-26(31(42)44)39-34(48)49-35(2,3)4/h9,11,13-16,20-21,23-24,26,28H,6-8,10,12,17-19H2,1-5H3,(H,39,48)(H,40,43)(H,46,47)/b11-9-/t21-,23-,24+,26+,28-,36+/m0/s1. The summed E-state index contributed by atoms with van der Waals surface area (Å²) in [6, 6.07) is 3.80. The number of ether oxygens (including phenoxy) is 1. The van der Waals surface area contributed by atoms with Gasteiger partial charge in [-0.25, -0.2) is 19.0 Å². The van der Waals surface area contributed by atoms with Gasteiger partial charge in [-0.3, -0.25) is 14.4 Å². The molecule has 3 heterocycles. The first-order valence-corrected chi connectivity index (χ1v) is 18.0. The van der Waals surface area contributed by atoms with E-state index >= 15 is 0 Å². The van der Waals surface area contributed by atoms with Gasteiger partial charge in [0.2, 0.25) is 11.8 Å². The SMILES string of the molecule is C[C@H]1[C@@H](CN(C)C(=O)c2nc(-c3ccc(F)cc3)cs2)CN2C(=O)[C@H](NC(=O)OC(C)(C)C)CCCCC/C=C\[C@@H]3C[C@@]3(C(=O)O)NC(=O)[C@H]12. The van der Waals surface area contributed by atoms with Crippen molar-refractivity contribution in [3.8, 4) is 11.3 Å². The van der Waals surface area contributed by atoms with Gasteiger partial charge in [0.25, 0.3) is 5.91 Å². The average Bonchev–Trinajstić information content (AvgIpc) is 3.34. The number of halogens is 1. The van der Waals surface area contributed by atoms with Crippen LogP contribution in [0.25, 0.3) is 11.3 Å². The summed E-state index contributed by atoms with van der Waals surface area (Å²) in [6.45, 7) is 7.27. The Balaban J connectivity index is 1.39. The number of carbonyl (C=O) groups is 5. The molecule has 1 saturated heterocycles. The van der Waals surface area contributed by atoms with Crippen LogP contribution in [0.5, 0.6) is 0 Å². The largest absolute Gasteiger partial charge is 0.479 e. The molecule has 1 saturated carbocycles. The van der Waals surface area contributed by atoms with Crippen molar-refractivity contribution in [1.82, 2.24) is 25.4 Å². The molecule has 270 valence electrons. The van der Waals surface area contributed by atoms with Gasteiger partial charge in [0, 0.05) is 37.0 Å². The zero-order valence-electron chi connectivity index (χ0n) is 29.1. The summed E-state index contributed by atoms with van der Waals surface area (Å²) in [6.07, 6.45) is 6.59. The Hall–Kier alpha value is -4.33. The van der Waals surface area contributed by atoms with Gasteiger partial charge < -0.3 is 30.3 Å². The molecular formula is C36H46FN5O7S. The van der Waals surface area contributed by atoms with Gasteiger partial charge in [0.15, 0.2) is 5.01 Å². The van der Waals surface area contributed by atoms with Crippen LogP contribution in [0.3, 0.4) is 0 Å². The number of thiazole rings is 1. The first-order valence-electron chi connectivity index (χ1n) is 17.1. The number of carbonyl (C=O) groups excluding carboxylic acids is 4. The number of nitrogens with one attached hydrogen (secondary N) is 2. The van der Waals surface area contributed by atoms with E-state index in [1.54, 1.807) is 45.3 Å². The van der Waals surface area contributed by atoms with Crippen molar-refractivity contribution in [3.05, 3.63) is 52.6 Å². The molecule has 12 nitrogen and oxygen atoms in total. The fourth-order valence-electron chi connectivity index (χ4n) is 6.84. The second kappa shape index (κ2) is 14.9. The van der Waals surface area contributed by atoms with E-state index in [2.05, 4.69) is 15.6 Å². The molecule has 2 aliphatic heterocycles. The van der Waals surface area contributed by atoms with E-state index in [-0.39, 0.29) is 48.1 Å². The van der Waals surface area contributed by atoms with Gasteiger partial charge in [0.05, 0.1) is 5.69 Å². The van der Waals surface area contributed by atoms with E-state index in [0.29, 0.717) is 24.1 Å². The summed E-state index contributed by atoms with van der Waals surface area (Å²) >= 11 is 1.16. The number of fused-ring (bicyclic) bond motifs is 2. The van der Waals surface area contributed by atoms with E-state index in [1.165, 1.54) is 21.9 Å². The maximum absolute atomic E-state index is 14.3. The number of carboxylic acid groups (broad SMARTS) is 1. The van der Waals surface area contributed by atoms with Gasteiger partial charge in [-0.2, -0.15) is 0 Å². The zero-order valence-corrected chi connectivity index (χ0v) is 29.9. The minimum Gasteiger partial charge on any atom is -0.479 e. The molecule has 1 aromatic carbocycles. The lowest BCUT2D eigenvalue weighted by Crippen LogP contribution is -2.57. The normalized spacial score (nSPS) is 27.9. The number of rotatable bonds is 6. The second-order valence-electron chi connectivity index (χ2n) is 14.6. The van der Waals surface area contributed by atoms with Crippen molar-refractivity contribution in [2.24, 2.45) is 17.8 Å². The fraction of sp³-hybridized carbons (Fsp3) is 0.556. The maximum atomic E-state index is 14.3. The number of amides is 4. The van der Waals surface area contributed by atoms with Crippen LogP contribution in [-0.4, -0.2) is 93.0 Å². The zero-order chi connectivity index (χ0) is 36.4. The number of nitrogens with zero attached hydrogens (tertiary/aromatic N) is 3. The molecule has 6 atom stereocenters. The highest BCUT2D eigenvalue weighted by molar-refractivity contribution is 7.12. The molecule has 5 rings (SSSR count). The fourth-order valence-corrected chi connectivity index (χ4v) is 7.66. The van der Waals surface area contributed by atoms with Crippen LogP contribution >= 0.6 is 11.3 Å². The minimum absolute atomic E-state index is 0.101. The predicted molar refractivity (Wildman–Crippen MR) is 185 cm³/mol. The van der Waals surface area contributed by atoms with Gasteiger partial charge in [-0.1, -0.05) is 31.9 Å². The van der Waals surface area contributed by atoms with Crippen molar-refractivity contribution in [2.45, 2.75) is 89.4 Å². The van der Waals surface area contributed by atoms with Crippen LogP contribution in [0.15, 0.2) is 41.8 Å². The van der Waals surface area contributed by atoms with Crippen LogP contribution in [0, 0.1) is 23.6 Å². The van der Waals surface area contributed by atoms with Gasteiger partial charge >= 0.3 is 12.1 Å². The van der Waals surface area contributed by atoms with Gasteiger partial charge in [-0.05, 0) is 82.6 Å². The van der Waals surface area contributed by atoms with Crippen LogP contribution in [-0.2, 0) is 19.1 Å². The molecule has 3 N–H and O–H groups in total. The third kappa shape index (κ3) is 8.34. The van der Waals surface area contributed by atoms with Gasteiger partial charge in [-0.15, -0.1) is 11.3 Å². The molecule has 0 bridgehead atoms. The van der Waals surface area contributed by atoms with Gasteiger partial charge in [0.1, 0.15) is 29.0 Å². The quantitative estimate of drug-likeness (QED) is 0.359. The summed E-state index contributed by atoms with van der Waals surface area (Å²) in [5.74, 6) is -4.12. The highest BCUT2D eigenvalue weighted by Crippen LogP contribution is 2.46. The number of aliphatic carboxylic acids is 1. The summed E-state index contributed by atoms with van der Waals surface area (Å²) in [4.78, 5) is 74.7. The van der Waals surface area contributed by atoms with E-state index in [0.717, 1.165) is 30.6 Å².